The van der Waals surface area contributed by atoms with Crippen molar-refractivity contribution in [2.75, 3.05) is 0 Å². The summed E-state index contributed by atoms with van der Waals surface area (Å²) in [4.78, 5) is 7.99. The molecule has 2 aromatic rings. The molecule has 0 amide bonds. The van der Waals surface area contributed by atoms with Crippen molar-refractivity contribution in [3.63, 3.8) is 0 Å². The van der Waals surface area contributed by atoms with E-state index in [1.165, 1.54) is 0 Å². The molecule has 0 spiro atoms. The van der Waals surface area contributed by atoms with Gasteiger partial charge in [-0.05, 0) is 12.3 Å². The molecule has 0 saturated heterocycles. The van der Waals surface area contributed by atoms with E-state index in [2.05, 4.69) is 42.8 Å². The minimum Gasteiger partial charge on any atom is -0.339 e. The van der Waals surface area contributed by atoms with Gasteiger partial charge < -0.3 is 4.98 Å². The van der Waals surface area contributed by atoms with Crippen LogP contribution >= 0.6 is 0 Å². The van der Waals surface area contributed by atoms with E-state index in [0.29, 0.717) is 11.8 Å². The smallest absolute Gasteiger partial charge is 0.176 e. The Kier molecular flexibility index (Phi) is 2.99. The van der Waals surface area contributed by atoms with Crippen molar-refractivity contribution in [3.05, 3.63) is 12.0 Å². The summed E-state index contributed by atoms with van der Waals surface area (Å²) < 4.78 is 1.99. The van der Waals surface area contributed by atoms with Crippen LogP contribution in [0.15, 0.2) is 6.20 Å². The van der Waals surface area contributed by atoms with Gasteiger partial charge in [0.25, 0.3) is 0 Å². The largest absolute Gasteiger partial charge is 0.339 e. The molecule has 1 atom stereocenters. The van der Waals surface area contributed by atoms with E-state index in [4.69, 9.17) is 0 Å². The van der Waals surface area contributed by atoms with Crippen LogP contribution in [0.5, 0.6) is 0 Å². The molecular weight excluding hydrogens is 200 g/mol. The highest BCUT2D eigenvalue weighted by atomic mass is 15.3. The van der Waals surface area contributed by atoms with Gasteiger partial charge in [0, 0.05) is 12.5 Å². The standard InChI is InChI=1S/C12H20N4/c1-5-9(4)11-14-10-6-13-16(7-8(2)3)12(10)15-11/h6,8-9H,5,7H2,1-4H3,(H,14,15)/t9-/m1/s1. The Morgan fingerprint density at radius 1 is 1.38 bits per heavy atom. The molecule has 0 aliphatic heterocycles. The summed E-state index contributed by atoms with van der Waals surface area (Å²) in [5.41, 5.74) is 2.04. The molecule has 4 heteroatoms. The van der Waals surface area contributed by atoms with E-state index in [9.17, 15) is 0 Å². The predicted molar refractivity (Wildman–Crippen MR) is 65.4 cm³/mol. The van der Waals surface area contributed by atoms with Gasteiger partial charge >= 0.3 is 0 Å². The average Bonchev–Trinajstić information content (AvgIpc) is 2.78. The third-order valence-electron chi connectivity index (χ3n) is 2.92. The lowest BCUT2D eigenvalue weighted by molar-refractivity contribution is 0.492. The van der Waals surface area contributed by atoms with Crippen LogP contribution in [0, 0.1) is 5.92 Å². The Hall–Kier alpha value is -1.32. The second-order valence-corrected chi connectivity index (χ2v) is 4.89. The fraction of sp³-hybridized carbons (Fsp3) is 0.667. The summed E-state index contributed by atoms with van der Waals surface area (Å²) in [7, 11) is 0. The summed E-state index contributed by atoms with van der Waals surface area (Å²) >= 11 is 0. The number of H-pyrrole nitrogens is 1. The fourth-order valence-electron chi connectivity index (χ4n) is 1.77. The predicted octanol–water partition coefficient (Wildman–Crippen LogP) is 2.93. The highest BCUT2D eigenvalue weighted by Gasteiger charge is 2.13. The summed E-state index contributed by atoms with van der Waals surface area (Å²) in [6.45, 7) is 9.68. The first kappa shape index (κ1) is 11.2. The van der Waals surface area contributed by atoms with E-state index in [1.807, 2.05) is 10.9 Å². The molecular formula is C12H20N4. The molecule has 0 aliphatic rings. The number of hydrogen-bond donors (Lipinski definition) is 1. The van der Waals surface area contributed by atoms with Crippen LogP contribution in [0.1, 0.15) is 45.9 Å². The first-order valence-electron chi connectivity index (χ1n) is 6.03. The zero-order valence-electron chi connectivity index (χ0n) is 10.5. The quantitative estimate of drug-likeness (QED) is 0.861. The zero-order valence-corrected chi connectivity index (χ0v) is 10.5. The normalized spacial score (nSPS) is 13.8. The van der Waals surface area contributed by atoms with Gasteiger partial charge in [-0.2, -0.15) is 5.10 Å². The second kappa shape index (κ2) is 4.28. The summed E-state index contributed by atoms with van der Waals surface area (Å²) in [6.07, 6.45) is 2.98. The van der Waals surface area contributed by atoms with E-state index in [1.54, 1.807) is 0 Å². The lowest BCUT2D eigenvalue weighted by atomic mass is 10.1. The van der Waals surface area contributed by atoms with Gasteiger partial charge in [-0.3, -0.25) is 0 Å². The Morgan fingerprint density at radius 3 is 2.75 bits per heavy atom. The number of rotatable bonds is 4. The average molecular weight is 220 g/mol. The van der Waals surface area contributed by atoms with Crippen LogP contribution < -0.4 is 0 Å². The Morgan fingerprint density at radius 2 is 2.12 bits per heavy atom. The van der Waals surface area contributed by atoms with Crippen LogP contribution in [0.2, 0.25) is 0 Å². The van der Waals surface area contributed by atoms with Gasteiger partial charge in [-0.1, -0.05) is 27.7 Å². The minimum absolute atomic E-state index is 0.486. The van der Waals surface area contributed by atoms with Gasteiger partial charge in [0.2, 0.25) is 0 Å². The molecule has 88 valence electrons. The maximum atomic E-state index is 4.64. The second-order valence-electron chi connectivity index (χ2n) is 4.89. The molecule has 2 rings (SSSR count). The summed E-state index contributed by atoms with van der Waals surface area (Å²) in [5, 5.41) is 4.34. The Balaban J connectivity index is 2.35. The lowest BCUT2D eigenvalue weighted by Crippen LogP contribution is -2.06. The fourth-order valence-corrected chi connectivity index (χ4v) is 1.77. The Labute approximate surface area is 96.1 Å². The van der Waals surface area contributed by atoms with Crippen molar-refractivity contribution < 1.29 is 0 Å². The van der Waals surface area contributed by atoms with Crippen LogP contribution in [-0.4, -0.2) is 19.7 Å². The van der Waals surface area contributed by atoms with E-state index in [-0.39, 0.29) is 0 Å². The molecule has 0 bridgehead atoms. The van der Waals surface area contributed by atoms with Crippen molar-refractivity contribution in [2.45, 2.75) is 46.6 Å². The van der Waals surface area contributed by atoms with Crippen LogP contribution in [0.25, 0.3) is 11.2 Å². The highest BCUT2D eigenvalue weighted by molar-refractivity contribution is 5.70. The summed E-state index contributed by atoms with van der Waals surface area (Å²) in [6, 6.07) is 0. The lowest BCUT2D eigenvalue weighted by Gasteiger charge is -2.05. The molecule has 2 heterocycles. The number of nitrogens with zero attached hydrogens (tertiary/aromatic N) is 3. The van der Waals surface area contributed by atoms with Gasteiger partial charge in [0.1, 0.15) is 11.3 Å². The molecule has 16 heavy (non-hydrogen) atoms. The molecule has 0 radical (unpaired) electrons. The number of aromatic amines is 1. The van der Waals surface area contributed by atoms with E-state index in [0.717, 1.165) is 30.0 Å². The number of imidazole rings is 1. The van der Waals surface area contributed by atoms with Crippen LogP contribution in [-0.2, 0) is 6.54 Å². The molecule has 2 aromatic heterocycles. The Bertz CT molecular complexity index is 466. The highest BCUT2D eigenvalue weighted by Crippen LogP contribution is 2.19. The number of fused-ring (bicyclic) bond motifs is 1. The number of aromatic nitrogens is 4. The van der Waals surface area contributed by atoms with Crippen molar-refractivity contribution in [2.24, 2.45) is 5.92 Å². The van der Waals surface area contributed by atoms with E-state index < -0.39 is 0 Å². The molecule has 1 N–H and O–H groups in total. The van der Waals surface area contributed by atoms with Crippen molar-refractivity contribution in [1.29, 1.82) is 0 Å². The van der Waals surface area contributed by atoms with Crippen molar-refractivity contribution >= 4 is 11.2 Å². The zero-order chi connectivity index (χ0) is 11.7. The maximum absolute atomic E-state index is 4.64. The first-order valence-corrected chi connectivity index (χ1v) is 6.03. The van der Waals surface area contributed by atoms with Gasteiger partial charge in [0.05, 0.1) is 6.20 Å². The third kappa shape index (κ3) is 1.96. The molecule has 0 fully saturated rings. The van der Waals surface area contributed by atoms with Gasteiger partial charge in [0.15, 0.2) is 5.65 Å². The van der Waals surface area contributed by atoms with Crippen molar-refractivity contribution in [1.82, 2.24) is 19.7 Å². The molecule has 0 unspecified atom stereocenters. The monoisotopic (exact) mass is 220 g/mol. The van der Waals surface area contributed by atoms with Crippen molar-refractivity contribution in [3.8, 4) is 0 Å². The van der Waals surface area contributed by atoms with Crippen LogP contribution in [0.4, 0.5) is 0 Å². The number of hydrogen-bond acceptors (Lipinski definition) is 2. The van der Waals surface area contributed by atoms with Gasteiger partial charge in [-0.25, -0.2) is 9.67 Å². The first-order chi connectivity index (χ1) is 7.61. The number of nitrogens with one attached hydrogen (secondary N) is 1. The SMILES string of the molecule is CC[C@@H](C)c1nc2c(cnn2CC(C)C)[nH]1. The van der Waals surface area contributed by atoms with Crippen LogP contribution in [0.3, 0.4) is 0 Å². The summed E-state index contributed by atoms with van der Waals surface area (Å²) in [5.74, 6) is 2.15. The molecule has 0 aliphatic carbocycles. The van der Waals surface area contributed by atoms with E-state index >= 15 is 0 Å². The molecule has 4 nitrogen and oxygen atoms in total. The molecule has 0 saturated carbocycles. The van der Waals surface area contributed by atoms with Gasteiger partial charge in [-0.15, -0.1) is 0 Å². The molecule has 0 aromatic carbocycles. The third-order valence-corrected chi connectivity index (χ3v) is 2.92. The topological polar surface area (TPSA) is 46.5 Å². The minimum atomic E-state index is 0.486. The maximum Gasteiger partial charge on any atom is 0.176 e.